The lowest BCUT2D eigenvalue weighted by atomic mass is 10.1. The summed E-state index contributed by atoms with van der Waals surface area (Å²) in [6, 6.07) is 13.0. The molecule has 33 heavy (non-hydrogen) atoms. The highest BCUT2D eigenvalue weighted by atomic mass is 32.1. The van der Waals surface area contributed by atoms with Crippen molar-refractivity contribution in [3.63, 3.8) is 0 Å². The van der Waals surface area contributed by atoms with E-state index >= 15 is 0 Å². The Morgan fingerprint density at radius 1 is 1.06 bits per heavy atom. The SMILES string of the molecule is COc1ccc(CNC(=O)c2sc(C#Cc3ccc(CC(=O)O)cc3)nc2C(F)(F)F)cc1. The fraction of sp³-hybridized carbons (Fsp3) is 0.174. The summed E-state index contributed by atoms with van der Waals surface area (Å²) in [5, 5.41) is 11.1. The van der Waals surface area contributed by atoms with E-state index in [1.54, 1.807) is 48.5 Å². The molecule has 1 heterocycles. The largest absolute Gasteiger partial charge is 0.497 e. The predicted octanol–water partition coefficient (Wildman–Crippen LogP) is 4.13. The molecular weight excluding hydrogens is 457 g/mol. The molecule has 0 radical (unpaired) electrons. The van der Waals surface area contributed by atoms with Crippen molar-refractivity contribution in [1.82, 2.24) is 10.3 Å². The number of amides is 1. The van der Waals surface area contributed by atoms with Crippen LogP contribution in [0.1, 0.15) is 37.1 Å². The number of ether oxygens (including phenoxy) is 1. The number of benzene rings is 2. The standard InChI is InChI=1S/C23H17F3N2O4S/c1-32-17-9-6-16(7-10-17)13-27-22(31)20-21(23(24,25)26)28-18(33-20)11-8-14-2-4-15(5-3-14)12-19(29)30/h2-7,9-10H,12-13H2,1H3,(H,27,31)(H,29,30). The summed E-state index contributed by atoms with van der Waals surface area (Å²) in [7, 11) is 1.51. The summed E-state index contributed by atoms with van der Waals surface area (Å²) in [6.45, 7) is 0.0295. The highest BCUT2D eigenvalue weighted by Crippen LogP contribution is 2.34. The monoisotopic (exact) mass is 474 g/mol. The van der Waals surface area contributed by atoms with Gasteiger partial charge in [0.1, 0.15) is 10.6 Å². The van der Waals surface area contributed by atoms with Crippen molar-refractivity contribution in [3.8, 4) is 17.6 Å². The Hall–Kier alpha value is -3.84. The molecule has 2 N–H and O–H groups in total. The maximum Gasteiger partial charge on any atom is 0.435 e. The van der Waals surface area contributed by atoms with Gasteiger partial charge >= 0.3 is 12.1 Å². The number of halogens is 3. The third kappa shape index (κ3) is 6.57. The predicted molar refractivity (Wildman–Crippen MR) is 115 cm³/mol. The van der Waals surface area contributed by atoms with Crippen molar-refractivity contribution in [2.24, 2.45) is 0 Å². The number of carboxylic acid groups (broad SMARTS) is 1. The van der Waals surface area contributed by atoms with Gasteiger partial charge in [-0.15, -0.1) is 0 Å². The molecule has 0 atom stereocenters. The molecule has 6 nitrogen and oxygen atoms in total. The van der Waals surface area contributed by atoms with E-state index in [2.05, 4.69) is 22.1 Å². The average Bonchev–Trinajstić information content (AvgIpc) is 3.22. The molecule has 0 fully saturated rings. The quantitative estimate of drug-likeness (QED) is 0.525. The highest BCUT2D eigenvalue weighted by molar-refractivity contribution is 7.14. The number of aliphatic carboxylic acids is 1. The van der Waals surface area contributed by atoms with Crippen LogP contribution in [0, 0.1) is 11.8 Å². The van der Waals surface area contributed by atoms with E-state index in [-0.39, 0.29) is 18.0 Å². The third-order valence-electron chi connectivity index (χ3n) is 4.34. The van der Waals surface area contributed by atoms with E-state index in [1.807, 2.05) is 0 Å². The van der Waals surface area contributed by atoms with Gasteiger partial charge in [0.2, 0.25) is 0 Å². The molecule has 10 heteroatoms. The number of nitrogens with zero attached hydrogens (tertiary/aromatic N) is 1. The van der Waals surface area contributed by atoms with E-state index in [0.717, 1.165) is 0 Å². The molecule has 0 saturated carbocycles. The molecule has 1 amide bonds. The van der Waals surface area contributed by atoms with Crippen LogP contribution in [0.4, 0.5) is 13.2 Å². The van der Waals surface area contributed by atoms with E-state index < -0.39 is 28.6 Å². The van der Waals surface area contributed by atoms with Gasteiger partial charge in [0.05, 0.1) is 13.5 Å². The van der Waals surface area contributed by atoms with Crippen molar-refractivity contribution in [2.45, 2.75) is 19.1 Å². The van der Waals surface area contributed by atoms with Gasteiger partial charge in [-0.05, 0) is 41.3 Å². The zero-order valence-corrected chi connectivity index (χ0v) is 18.0. The Kier molecular flexibility index (Phi) is 7.35. The molecule has 0 spiro atoms. The van der Waals surface area contributed by atoms with E-state index in [0.29, 0.717) is 33.8 Å². The molecule has 0 unspecified atom stereocenters. The van der Waals surface area contributed by atoms with Crippen LogP contribution in [-0.4, -0.2) is 29.1 Å². The number of hydrogen-bond acceptors (Lipinski definition) is 5. The lowest BCUT2D eigenvalue weighted by molar-refractivity contribution is -0.141. The molecular formula is C23H17F3N2O4S. The lowest BCUT2D eigenvalue weighted by Crippen LogP contribution is -2.24. The van der Waals surface area contributed by atoms with Gasteiger partial charge < -0.3 is 15.2 Å². The first-order valence-corrected chi connectivity index (χ1v) is 10.3. The number of alkyl halides is 3. The van der Waals surface area contributed by atoms with Crippen molar-refractivity contribution in [2.75, 3.05) is 7.11 Å². The Bertz CT molecular complexity index is 1210. The van der Waals surface area contributed by atoms with Gasteiger partial charge in [-0.1, -0.05) is 41.5 Å². The van der Waals surface area contributed by atoms with Gasteiger partial charge in [-0.3, -0.25) is 9.59 Å². The lowest BCUT2D eigenvalue weighted by Gasteiger charge is -2.08. The third-order valence-corrected chi connectivity index (χ3v) is 5.31. The number of carbonyl (C=O) groups excluding carboxylic acids is 1. The first-order chi connectivity index (χ1) is 15.7. The molecule has 0 bridgehead atoms. The Labute approximate surface area is 191 Å². The van der Waals surface area contributed by atoms with Crippen LogP contribution in [-0.2, 0) is 23.9 Å². The Morgan fingerprint density at radius 3 is 2.27 bits per heavy atom. The van der Waals surface area contributed by atoms with E-state index in [1.165, 1.54) is 7.11 Å². The highest BCUT2D eigenvalue weighted by Gasteiger charge is 2.39. The van der Waals surface area contributed by atoms with Gasteiger partial charge in [0.25, 0.3) is 5.91 Å². The van der Waals surface area contributed by atoms with Crippen LogP contribution in [0.3, 0.4) is 0 Å². The van der Waals surface area contributed by atoms with Crippen molar-refractivity contribution >= 4 is 23.2 Å². The van der Waals surface area contributed by atoms with Crippen molar-refractivity contribution in [3.05, 3.63) is 80.8 Å². The number of hydrogen-bond donors (Lipinski definition) is 2. The number of carbonyl (C=O) groups is 2. The van der Waals surface area contributed by atoms with Gasteiger partial charge in [0.15, 0.2) is 10.7 Å². The zero-order chi connectivity index (χ0) is 24.0. The maximum atomic E-state index is 13.4. The normalized spacial score (nSPS) is 10.8. The smallest absolute Gasteiger partial charge is 0.435 e. The number of methoxy groups -OCH3 is 1. The summed E-state index contributed by atoms with van der Waals surface area (Å²) in [4.78, 5) is 26.1. The number of nitrogens with one attached hydrogen (secondary N) is 1. The number of carboxylic acids is 1. The van der Waals surface area contributed by atoms with Crippen LogP contribution in [0.25, 0.3) is 0 Å². The van der Waals surface area contributed by atoms with Crippen LogP contribution < -0.4 is 10.1 Å². The van der Waals surface area contributed by atoms with Crippen molar-refractivity contribution < 1.29 is 32.6 Å². The Morgan fingerprint density at radius 2 is 1.70 bits per heavy atom. The maximum absolute atomic E-state index is 13.4. The molecule has 0 aliphatic carbocycles. The van der Waals surface area contributed by atoms with Crippen LogP contribution in [0.2, 0.25) is 0 Å². The first-order valence-electron chi connectivity index (χ1n) is 9.47. The second-order valence-electron chi connectivity index (χ2n) is 6.74. The molecule has 2 aromatic carbocycles. The van der Waals surface area contributed by atoms with Gasteiger partial charge in [0, 0.05) is 12.1 Å². The van der Waals surface area contributed by atoms with Crippen LogP contribution in [0.15, 0.2) is 48.5 Å². The van der Waals surface area contributed by atoms with Gasteiger partial charge in [-0.2, -0.15) is 13.2 Å². The fourth-order valence-electron chi connectivity index (χ4n) is 2.73. The molecule has 170 valence electrons. The minimum absolute atomic E-state index is 0.0295. The minimum atomic E-state index is -4.82. The number of thiazole rings is 1. The second-order valence-corrected chi connectivity index (χ2v) is 7.74. The summed E-state index contributed by atoms with van der Waals surface area (Å²) < 4.78 is 45.3. The van der Waals surface area contributed by atoms with Gasteiger partial charge in [-0.25, -0.2) is 4.98 Å². The Balaban J connectivity index is 1.77. The topological polar surface area (TPSA) is 88.5 Å². The molecule has 3 aromatic rings. The fourth-order valence-corrected chi connectivity index (χ4v) is 3.59. The summed E-state index contributed by atoms with van der Waals surface area (Å²) >= 11 is 0.552. The number of rotatable bonds is 6. The average molecular weight is 474 g/mol. The van der Waals surface area contributed by atoms with Crippen LogP contribution in [0.5, 0.6) is 5.75 Å². The second kappa shape index (κ2) is 10.2. The van der Waals surface area contributed by atoms with E-state index in [4.69, 9.17) is 9.84 Å². The van der Waals surface area contributed by atoms with Crippen molar-refractivity contribution in [1.29, 1.82) is 0 Å². The first kappa shape index (κ1) is 23.8. The molecule has 0 aliphatic rings. The van der Waals surface area contributed by atoms with E-state index in [9.17, 15) is 22.8 Å². The molecule has 0 saturated heterocycles. The summed E-state index contributed by atoms with van der Waals surface area (Å²) in [6.07, 6.45) is -4.97. The number of aromatic nitrogens is 1. The molecule has 0 aliphatic heterocycles. The molecule has 1 aromatic heterocycles. The zero-order valence-electron chi connectivity index (χ0n) is 17.2. The molecule has 3 rings (SSSR count). The minimum Gasteiger partial charge on any atom is -0.497 e. The van der Waals surface area contributed by atoms with Crippen LogP contribution >= 0.6 is 11.3 Å². The summed E-state index contributed by atoms with van der Waals surface area (Å²) in [5.41, 5.74) is 0.435. The summed E-state index contributed by atoms with van der Waals surface area (Å²) in [5.74, 6) is 3.96.